The molecule has 0 heterocycles. The standard InChI is InChI=1S/C21H44N/c1-18(2)9-7-10-19(3)11-8-12-20-13-15-21(16-14-20)17-22(4,5)6/h18-21H,7-17H2,1-6H3/q+1. The largest absolute Gasteiger partial charge is 0.331 e. The van der Waals surface area contributed by atoms with E-state index < -0.39 is 0 Å². The molecule has 0 amide bonds. The second kappa shape index (κ2) is 9.96. The van der Waals surface area contributed by atoms with Crippen molar-refractivity contribution in [2.75, 3.05) is 27.7 Å². The maximum atomic E-state index is 2.47. The molecule has 1 aliphatic rings. The van der Waals surface area contributed by atoms with Crippen molar-refractivity contribution in [3.8, 4) is 0 Å². The van der Waals surface area contributed by atoms with Gasteiger partial charge in [0.2, 0.25) is 0 Å². The van der Waals surface area contributed by atoms with E-state index >= 15 is 0 Å². The van der Waals surface area contributed by atoms with Gasteiger partial charge in [0.15, 0.2) is 0 Å². The zero-order valence-electron chi connectivity index (χ0n) is 16.5. The highest BCUT2D eigenvalue weighted by atomic mass is 15.3. The molecule has 0 aromatic carbocycles. The summed E-state index contributed by atoms with van der Waals surface area (Å²) in [6.45, 7) is 8.54. The fourth-order valence-electron chi connectivity index (χ4n) is 4.25. The van der Waals surface area contributed by atoms with Gasteiger partial charge in [-0.05, 0) is 43.4 Å². The number of hydrogen-bond donors (Lipinski definition) is 0. The van der Waals surface area contributed by atoms with E-state index in [1.807, 2.05) is 0 Å². The van der Waals surface area contributed by atoms with Gasteiger partial charge in [0.05, 0.1) is 27.7 Å². The van der Waals surface area contributed by atoms with Gasteiger partial charge in [-0.3, -0.25) is 0 Å². The first-order chi connectivity index (χ1) is 10.3. The Morgan fingerprint density at radius 3 is 1.86 bits per heavy atom. The average Bonchev–Trinajstić information content (AvgIpc) is 2.38. The van der Waals surface area contributed by atoms with Crippen LogP contribution in [0.25, 0.3) is 0 Å². The van der Waals surface area contributed by atoms with Crippen molar-refractivity contribution in [1.29, 1.82) is 0 Å². The fourth-order valence-corrected chi connectivity index (χ4v) is 4.25. The average molecular weight is 311 g/mol. The minimum atomic E-state index is 0.883. The lowest BCUT2D eigenvalue weighted by atomic mass is 9.79. The van der Waals surface area contributed by atoms with Gasteiger partial charge in [0.1, 0.15) is 0 Å². The first-order valence-corrected chi connectivity index (χ1v) is 10.1. The lowest BCUT2D eigenvalue weighted by molar-refractivity contribution is -0.874. The highest BCUT2D eigenvalue weighted by Gasteiger charge is 2.25. The van der Waals surface area contributed by atoms with Crippen LogP contribution in [-0.2, 0) is 0 Å². The fraction of sp³-hybridized carbons (Fsp3) is 1.00. The molecule has 1 atom stereocenters. The molecule has 1 saturated carbocycles. The number of nitrogens with zero attached hydrogens (tertiary/aromatic N) is 1. The Morgan fingerprint density at radius 2 is 1.32 bits per heavy atom. The SMILES string of the molecule is CC(C)CCCC(C)CCCC1CCC(C[N+](C)(C)C)CC1. The molecule has 132 valence electrons. The van der Waals surface area contributed by atoms with E-state index in [4.69, 9.17) is 0 Å². The minimum absolute atomic E-state index is 0.883. The molecule has 0 radical (unpaired) electrons. The van der Waals surface area contributed by atoms with Gasteiger partial charge in [-0.2, -0.15) is 0 Å². The van der Waals surface area contributed by atoms with Crippen LogP contribution in [0.5, 0.6) is 0 Å². The van der Waals surface area contributed by atoms with E-state index in [-0.39, 0.29) is 0 Å². The van der Waals surface area contributed by atoms with Crippen LogP contribution < -0.4 is 0 Å². The summed E-state index contributed by atoms with van der Waals surface area (Å²) in [6.07, 6.45) is 14.8. The molecule has 0 aliphatic heterocycles. The minimum Gasteiger partial charge on any atom is -0.331 e. The molecule has 1 unspecified atom stereocenters. The van der Waals surface area contributed by atoms with Crippen LogP contribution in [0.15, 0.2) is 0 Å². The third-order valence-electron chi connectivity index (χ3n) is 5.56. The summed E-state index contributed by atoms with van der Waals surface area (Å²) in [6, 6.07) is 0. The summed E-state index contributed by atoms with van der Waals surface area (Å²) >= 11 is 0. The molecule has 1 heteroatoms. The maximum Gasteiger partial charge on any atom is 0.0809 e. The van der Waals surface area contributed by atoms with Gasteiger partial charge >= 0.3 is 0 Å². The normalized spacial score (nSPS) is 24.7. The Kier molecular flexibility index (Phi) is 9.05. The van der Waals surface area contributed by atoms with Crippen LogP contribution in [-0.4, -0.2) is 32.2 Å². The molecule has 0 bridgehead atoms. The van der Waals surface area contributed by atoms with Crippen LogP contribution in [0.1, 0.15) is 85.0 Å². The predicted octanol–water partition coefficient (Wildman–Crippen LogP) is 6.13. The molecule has 1 rings (SSSR count). The Hall–Kier alpha value is -0.0400. The molecule has 0 saturated heterocycles. The van der Waals surface area contributed by atoms with E-state index in [1.54, 1.807) is 0 Å². The Labute approximate surface area is 141 Å². The van der Waals surface area contributed by atoms with Crippen LogP contribution in [0.3, 0.4) is 0 Å². The third kappa shape index (κ3) is 9.87. The summed E-state index contributed by atoms with van der Waals surface area (Å²) in [4.78, 5) is 0. The van der Waals surface area contributed by atoms with Crippen LogP contribution in [0.2, 0.25) is 0 Å². The molecule has 0 aromatic rings. The quantitative estimate of drug-likeness (QED) is 0.426. The van der Waals surface area contributed by atoms with Crippen molar-refractivity contribution in [2.24, 2.45) is 23.7 Å². The molecule has 1 nitrogen and oxygen atoms in total. The second-order valence-electron chi connectivity index (χ2n) is 9.72. The number of rotatable bonds is 10. The second-order valence-corrected chi connectivity index (χ2v) is 9.72. The number of hydrogen-bond acceptors (Lipinski definition) is 0. The Morgan fingerprint density at radius 1 is 0.773 bits per heavy atom. The summed E-state index contributed by atoms with van der Waals surface area (Å²) in [7, 11) is 7.02. The van der Waals surface area contributed by atoms with Gasteiger partial charge in [0.25, 0.3) is 0 Å². The van der Waals surface area contributed by atoms with E-state index in [0.29, 0.717) is 0 Å². The first-order valence-electron chi connectivity index (χ1n) is 10.1. The van der Waals surface area contributed by atoms with E-state index in [1.165, 1.54) is 70.8 Å². The summed E-state index contributed by atoms with van der Waals surface area (Å²) in [5.41, 5.74) is 0. The molecular weight excluding hydrogens is 266 g/mol. The van der Waals surface area contributed by atoms with Crippen molar-refractivity contribution in [1.82, 2.24) is 0 Å². The first kappa shape index (κ1) is 20.0. The van der Waals surface area contributed by atoms with Crippen LogP contribution in [0, 0.1) is 23.7 Å². The molecule has 0 spiro atoms. The molecule has 1 fully saturated rings. The van der Waals surface area contributed by atoms with Crippen molar-refractivity contribution >= 4 is 0 Å². The summed E-state index contributed by atoms with van der Waals surface area (Å²) in [5, 5.41) is 0. The van der Waals surface area contributed by atoms with E-state index in [2.05, 4.69) is 41.9 Å². The Balaban J connectivity index is 2.05. The van der Waals surface area contributed by atoms with Gasteiger partial charge in [-0.15, -0.1) is 0 Å². The molecule has 22 heavy (non-hydrogen) atoms. The maximum absolute atomic E-state index is 2.47. The van der Waals surface area contributed by atoms with Gasteiger partial charge in [-0.25, -0.2) is 0 Å². The van der Waals surface area contributed by atoms with E-state index in [9.17, 15) is 0 Å². The van der Waals surface area contributed by atoms with Crippen molar-refractivity contribution < 1.29 is 4.48 Å². The highest BCUT2D eigenvalue weighted by Crippen LogP contribution is 2.33. The molecule has 0 N–H and O–H groups in total. The summed E-state index contributed by atoms with van der Waals surface area (Å²) < 4.78 is 1.14. The molecule has 1 aliphatic carbocycles. The predicted molar refractivity (Wildman–Crippen MR) is 100 cm³/mol. The lowest BCUT2D eigenvalue weighted by Crippen LogP contribution is -2.40. The van der Waals surface area contributed by atoms with Crippen molar-refractivity contribution in [2.45, 2.75) is 85.0 Å². The highest BCUT2D eigenvalue weighted by molar-refractivity contribution is 4.73. The number of quaternary nitrogens is 1. The zero-order chi connectivity index (χ0) is 16.6. The van der Waals surface area contributed by atoms with Crippen molar-refractivity contribution in [3.05, 3.63) is 0 Å². The van der Waals surface area contributed by atoms with E-state index in [0.717, 1.165) is 28.2 Å². The van der Waals surface area contributed by atoms with Gasteiger partial charge in [0, 0.05) is 5.92 Å². The van der Waals surface area contributed by atoms with Gasteiger partial charge in [-0.1, -0.05) is 59.3 Å². The third-order valence-corrected chi connectivity index (χ3v) is 5.56. The topological polar surface area (TPSA) is 0 Å². The van der Waals surface area contributed by atoms with Crippen molar-refractivity contribution in [3.63, 3.8) is 0 Å². The smallest absolute Gasteiger partial charge is 0.0809 e. The molecule has 0 aromatic heterocycles. The molecular formula is C21H44N+. The Bertz CT molecular complexity index is 268. The lowest BCUT2D eigenvalue weighted by Gasteiger charge is -2.34. The van der Waals surface area contributed by atoms with Crippen LogP contribution in [0.4, 0.5) is 0 Å². The zero-order valence-corrected chi connectivity index (χ0v) is 16.5. The summed E-state index contributed by atoms with van der Waals surface area (Å²) in [5.74, 6) is 3.88. The van der Waals surface area contributed by atoms with Gasteiger partial charge < -0.3 is 4.48 Å². The van der Waals surface area contributed by atoms with Crippen LogP contribution >= 0.6 is 0 Å². The monoisotopic (exact) mass is 310 g/mol.